The number of carbonyl (C=O) groups excluding carboxylic acids is 3. The first-order valence-corrected chi connectivity index (χ1v) is 10.8. The van der Waals surface area contributed by atoms with Crippen LogP contribution >= 0.6 is 0 Å². The standard InChI is InChI=1S/C24H29N3O3/c1-4-18-10-12-24(13-11-18)22(29)26(23(30)25-24)15-21(28)20-14-16(2)27(17(20)3)19-8-6-5-7-9-19/h5-9,14,18H,4,10-13,15H2,1-3H3,(H,25,30). The first-order valence-electron chi connectivity index (χ1n) is 10.8. The number of Topliss-reactive ketones (excluding diaryl/α,β-unsaturated/α-hetero) is 1. The predicted molar refractivity (Wildman–Crippen MR) is 115 cm³/mol. The molecule has 0 unspecified atom stereocenters. The van der Waals surface area contributed by atoms with Gasteiger partial charge < -0.3 is 9.88 Å². The van der Waals surface area contributed by atoms with E-state index < -0.39 is 11.6 Å². The van der Waals surface area contributed by atoms with E-state index in [1.165, 1.54) is 0 Å². The summed E-state index contributed by atoms with van der Waals surface area (Å²) in [5.74, 6) is 0.153. The van der Waals surface area contributed by atoms with Crippen molar-refractivity contribution in [3.63, 3.8) is 0 Å². The molecule has 4 rings (SSSR count). The summed E-state index contributed by atoms with van der Waals surface area (Å²) in [6.07, 6.45) is 4.27. The van der Waals surface area contributed by atoms with Crippen molar-refractivity contribution < 1.29 is 14.4 Å². The Bertz CT molecular complexity index is 985. The monoisotopic (exact) mass is 407 g/mol. The third-order valence-electron chi connectivity index (χ3n) is 6.83. The Balaban J connectivity index is 1.54. The minimum Gasteiger partial charge on any atom is -0.323 e. The molecule has 1 saturated heterocycles. The maximum atomic E-state index is 13.1. The number of rotatable bonds is 5. The first-order chi connectivity index (χ1) is 14.4. The molecule has 2 aliphatic rings. The Labute approximate surface area is 177 Å². The molecule has 1 saturated carbocycles. The van der Waals surface area contributed by atoms with Gasteiger partial charge in [0.1, 0.15) is 5.54 Å². The van der Waals surface area contributed by atoms with Crippen molar-refractivity contribution >= 4 is 17.7 Å². The Hall–Kier alpha value is -2.89. The lowest BCUT2D eigenvalue weighted by atomic mass is 9.75. The molecule has 2 heterocycles. The summed E-state index contributed by atoms with van der Waals surface area (Å²) in [6.45, 7) is 5.79. The van der Waals surface area contributed by atoms with Crippen LogP contribution in [0.15, 0.2) is 36.4 Å². The Morgan fingerprint density at radius 1 is 1.13 bits per heavy atom. The van der Waals surface area contributed by atoms with Crippen LogP contribution in [0.1, 0.15) is 60.8 Å². The summed E-state index contributed by atoms with van der Waals surface area (Å²) >= 11 is 0. The summed E-state index contributed by atoms with van der Waals surface area (Å²) < 4.78 is 2.02. The third-order valence-corrected chi connectivity index (χ3v) is 6.83. The molecule has 3 amide bonds. The van der Waals surface area contributed by atoms with Gasteiger partial charge in [0.25, 0.3) is 5.91 Å². The van der Waals surface area contributed by atoms with E-state index in [2.05, 4.69) is 12.2 Å². The Morgan fingerprint density at radius 3 is 2.43 bits per heavy atom. The average Bonchev–Trinajstić information content (AvgIpc) is 3.17. The zero-order valence-corrected chi connectivity index (χ0v) is 17.9. The van der Waals surface area contributed by atoms with Crippen LogP contribution in [0.2, 0.25) is 0 Å². The number of aryl methyl sites for hydroxylation is 1. The normalized spacial score (nSPS) is 23.8. The molecule has 0 atom stereocenters. The number of hydrogen-bond acceptors (Lipinski definition) is 3. The summed E-state index contributed by atoms with van der Waals surface area (Å²) in [4.78, 5) is 39.9. The molecular weight excluding hydrogens is 378 g/mol. The molecule has 1 N–H and O–H groups in total. The Kier molecular flexibility index (Phi) is 5.26. The highest BCUT2D eigenvalue weighted by atomic mass is 16.2. The molecule has 0 bridgehead atoms. The van der Waals surface area contributed by atoms with Crippen LogP contribution in [-0.2, 0) is 4.79 Å². The minimum absolute atomic E-state index is 0.215. The van der Waals surface area contributed by atoms with Crippen molar-refractivity contribution in [1.29, 1.82) is 0 Å². The van der Waals surface area contributed by atoms with Crippen LogP contribution in [0.5, 0.6) is 0 Å². The number of urea groups is 1. The van der Waals surface area contributed by atoms with Gasteiger partial charge in [-0.25, -0.2) is 4.79 Å². The number of aromatic nitrogens is 1. The van der Waals surface area contributed by atoms with Gasteiger partial charge >= 0.3 is 6.03 Å². The summed E-state index contributed by atoms with van der Waals surface area (Å²) in [6, 6.07) is 11.2. The van der Waals surface area contributed by atoms with Gasteiger partial charge in [-0.15, -0.1) is 0 Å². The van der Waals surface area contributed by atoms with Crippen molar-refractivity contribution in [3.8, 4) is 5.69 Å². The molecule has 0 radical (unpaired) electrons. The molecule has 2 aromatic rings. The topological polar surface area (TPSA) is 71.4 Å². The fourth-order valence-electron chi connectivity index (χ4n) is 4.99. The van der Waals surface area contributed by atoms with E-state index in [0.717, 1.165) is 41.2 Å². The maximum Gasteiger partial charge on any atom is 0.325 e. The number of carbonyl (C=O) groups is 3. The number of nitrogens with zero attached hydrogens (tertiary/aromatic N) is 2. The highest BCUT2D eigenvalue weighted by Gasteiger charge is 2.52. The van der Waals surface area contributed by atoms with E-state index >= 15 is 0 Å². The second kappa shape index (κ2) is 7.74. The maximum absolute atomic E-state index is 13.1. The molecular formula is C24H29N3O3. The van der Waals surface area contributed by atoms with Crippen LogP contribution in [0.3, 0.4) is 0 Å². The lowest BCUT2D eigenvalue weighted by molar-refractivity contribution is -0.132. The molecule has 2 fully saturated rings. The quantitative estimate of drug-likeness (QED) is 0.597. The van der Waals surface area contributed by atoms with E-state index in [4.69, 9.17) is 0 Å². The summed E-state index contributed by atoms with van der Waals surface area (Å²) in [5, 5.41) is 2.91. The minimum atomic E-state index is -0.816. The highest BCUT2D eigenvalue weighted by Crippen LogP contribution is 2.37. The van der Waals surface area contributed by atoms with Gasteiger partial charge in [0, 0.05) is 22.6 Å². The first kappa shape index (κ1) is 20.4. The van der Waals surface area contributed by atoms with Crippen molar-refractivity contribution in [2.75, 3.05) is 6.54 Å². The molecule has 158 valence electrons. The number of imide groups is 1. The molecule has 1 aromatic carbocycles. The van der Waals surface area contributed by atoms with Crippen molar-refractivity contribution in [3.05, 3.63) is 53.3 Å². The average molecular weight is 408 g/mol. The Morgan fingerprint density at radius 2 is 1.80 bits per heavy atom. The third kappa shape index (κ3) is 3.34. The van der Waals surface area contributed by atoms with Crippen LogP contribution < -0.4 is 5.32 Å². The number of nitrogens with one attached hydrogen (secondary N) is 1. The van der Waals surface area contributed by atoms with Gasteiger partial charge in [-0.05, 0) is 63.6 Å². The van der Waals surface area contributed by atoms with Crippen molar-refractivity contribution in [2.45, 2.75) is 58.4 Å². The van der Waals surface area contributed by atoms with Crippen LogP contribution in [0.4, 0.5) is 4.79 Å². The zero-order chi connectivity index (χ0) is 21.5. The molecule has 30 heavy (non-hydrogen) atoms. The van der Waals surface area contributed by atoms with Gasteiger partial charge in [-0.3, -0.25) is 14.5 Å². The predicted octanol–water partition coefficient (Wildman–Crippen LogP) is 4.17. The lowest BCUT2D eigenvalue weighted by Crippen LogP contribution is -2.49. The number of benzene rings is 1. The van der Waals surface area contributed by atoms with E-state index in [1.54, 1.807) is 0 Å². The lowest BCUT2D eigenvalue weighted by Gasteiger charge is -2.34. The molecule has 1 aliphatic carbocycles. The van der Waals surface area contributed by atoms with Crippen LogP contribution in [0, 0.1) is 19.8 Å². The van der Waals surface area contributed by atoms with E-state index in [0.29, 0.717) is 24.3 Å². The molecule has 1 aromatic heterocycles. The number of amides is 3. The van der Waals surface area contributed by atoms with Gasteiger partial charge in [0.2, 0.25) is 0 Å². The van der Waals surface area contributed by atoms with Crippen molar-refractivity contribution in [2.24, 2.45) is 5.92 Å². The molecule has 6 nitrogen and oxygen atoms in total. The fourth-order valence-corrected chi connectivity index (χ4v) is 4.99. The van der Waals surface area contributed by atoms with Gasteiger partial charge in [-0.1, -0.05) is 31.5 Å². The number of para-hydroxylation sites is 1. The number of ketones is 1. The molecule has 6 heteroatoms. The van der Waals surface area contributed by atoms with Gasteiger partial charge in [0.05, 0.1) is 6.54 Å². The van der Waals surface area contributed by atoms with Crippen molar-refractivity contribution in [1.82, 2.24) is 14.8 Å². The summed E-state index contributed by atoms with van der Waals surface area (Å²) in [5.41, 5.74) is 2.47. The SMILES string of the molecule is CCC1CCC2(CC1)NC(=O)N(CC(=O)c1cc(C)n(-c3ccccc3)c1C)C2=O. The van der Waals surface area contributed by atoms with Gasteiger partial charge in [-0.2, -0.15) is 0 Å². The van der Waals surface area contributed by atoms with Crippen LogP contribution in [-0.4, -0.2) is 39.3 Å². The smallest absolute Gasteiger partial charge is 0.323 e. The second-order valence-electron chi connectivity index (χ2n) is 8.63. The van der Waals surface area contributed by atoms with Gasteiger partial charge in [0.15, 0.2) is 5.78 Å². The number of hydrogen-bond donors (Lipinski definition) is 1. The summed E-state index contributed by atoms with van der Waals surface area (Å²) in [7, 11) is 0. The molecule has 1 aliphatic heterocycles. The highest BCUT2D eigenvalue weighted by molar-refractivity contribution is 6.11. The van der Waals surface area contributed by atoms with E-state index in [-0.39, 0.29) is 18.2 Å². The largest absolute Gasteiger partial charge is 0.325 e. The fraction of sp³-hybridized carbons (Fsp3) is 0.458. The van der Waals surface area contributed by atoms with Crippen LogP contribution in [0.25, 0.3) is 5.69 Å². The van der Waals surface area contributed by atoms with E-state index in [9.17, 15) is 14.4 Å². The van der Waals surface area contributed by atoms with E-state index in [1.807, 2.05) is 54.8 Å². The second-order valence-corrected chi connectivity index (χ2v) is 8.63. The molecule has 1 spiro atoms. The zero-order valence-electron chi connectivity index (χ0n) is 17.9.